The SMILES string of the molecule is C[C@@H](O)[C@H](NC(=O)[C@H](Cc1ccccc1)NC(=O)[C@@H](NC(=O)[C@H](CCCCN)NC(=O)[C@H](Cc1c[nH]c2ccccc12)NC(=O)[C@H](Cc1ccccc1)NC(=O)[C@H](Cc1ccccc1)NC(=O)[C@H](CC(N)=O)NC(=O)[C@H](CCCCN)NC(=O)[C@@H](N)CS)[C@@H](C)O)C(=O)N[C@@H](CO)C(=O)N[C@@H](CS)C(=O)O. The molecule has 0 saturated carbocycles. The Kier molecular flexibility index (Phi) is 36.5. The number of aliphatic carboxylic acids is 1. The molecular weight excluding hydrogens is 1410 g/mol. The van der Waals surface area contributed by atoms with Crippen molar-refractivity contribution in [2.45, 2.75) is 169 Å². The zero-order valence-electron chi connectivity index (χ0n) is 58.7. The lowest BCUT2D eigenvalue weighted by Gasteiger charge is -2.29. The molecule has 0 fully saturated rings. The van der Waals surface area contributed by atoms with E-state index in [0.29, 0.717) is 52.4 Å². The van der Waals surface area contributed by atoms with Crippen LogP contribution in [0.1, 0.15) is 81.0 Å². The number of aliphatic hydroxyl groups is 3. The largest absolute Gasteiger partial charge is 0.480 e. The standard InChI is InChI=1S/C71H98N16O17S2/c1-39(89)58(69(101)83-52(32-43-22-10-5-11-23-43)67(99)87-59(40(2)90)70(102)84-55(36-88)68(100)85-56(38-106)71(103)104)86-62(94)49(27-15-17-29-73)78-65(97)53(33-44-35-76-47-25-13-12-24-45(44)47)81-64(96)51(31-42-20-8-4-9-21-42)79-63(95)50(30-41-18-6-3-7-19-41)80-66(98)54(34-57(75)91)82-61(93)48(26-14-16-28-72)77-60(92)46(74)37-105/h3-13,18-25,35,39-40,46,48-56,58-59,76,88-90,105-106H,14-17,26-34,36-38,72-74H2,1-2H3,(H2,75,91)(H,77,92)(H,78,97)(H,79,95)(H,80,98)(H,81,96)(H,82,93)(H,83,101)(H,84,102)(H,85,100)(H,86,94)(H,87,99)(H,103,104)/t39-,40-,46+,48+,49+,50+,51+,52+,53+,54+,55+,56+,58+,59+/m1/s1. The minimum Gasteiger partial charge on any atom is -0.480 e. The van der Waals surface area contributed by atoms with Gasteiger partial charge in [-0.2, -0.15) is 25.3 Å². The molecule has 12 amide bonds. The Morgan fingerprint density at radius 1 is 0.415 bits per heavy atom. The predicted molar refractivity (Wildman–Crippen MR) is 397 cm³/mol. The zero-order chi connectivity index (χ0) is 78.0. The van der Waals surface area contributed by atoms with E-state index >= 15 is 14.4 Å². The average Bonchev–Trinajstić information content (AvgIpc) is 1.13. The van der Waals surface area contributed by atoms with Crippen LogP contribution in [0, 0.1) is 0 Å². The third kappa shape index (κ3) is 28.1. The van der Waals surface area contributed by atoms with E-state index in [1.165, 1.54) is 0 Å². The molecule has 5 aromatic rings. The van der Waals surface area contributed by atoms with Gasteiger partial charge >= 0.3 is 5.97 Å². The van der Waals surface area contributed by atoms with Crippen molar-refractivity contribution in [3.8, 4) is 0 Å². The average molecular weight is 1510 g/mol. The number of H-pyrrole nitrogens is 1. The van der Waals surface area contributed by atoms with Crippen LogP contribution in [0.25, 0.3) is 10.9 Å². The number of thiol groups is 2. The second-order valence-electron chi connectivity index (χ2n) is 25.4. The highest BCUT2D eigenvalue weighted by Crippen LogP contribution is 2.21. The summed E-state index contributed by atoms with van der Waals surface area (Å²) in [5.41, 5.74) is 25.7. The van der Waals surface area contributed by atoms with Gasteiger partial charge in [0.1, 0.15) is 66.5 Å². The number of amides is 12. The molecule has 0 spiro atoms. The van der Waals surface area contributed by atoms with Crippen LogP contribution in [-0.4, -0.2) is 218 Å². The van der Waals surface area contributed by atoms with E-state index in [9.17, 15) is 68.4 Å². The van der Waals surface area contributed by atoms with Gasteiger partial charge in [-0.3, -0.25) is 57.5 Å². The normalized spacial score (nSPS) is 15.2. The summed E-state index contributed by atoms with van der Waals surface area (Å²) in [5, 5.41) is 69.6. The Hall–Kier alpha value is -10.0. The number of primary amides is 1. The number of carboxylic acids is 1. The number of nitrogens with one attached hydrogen (secondary N) is 12. The van der Waals surface area contributed by atoms with E-state index in [0.717, 1.165) is 13.8 Å². The van der Waals surface area contributed by atoms with E-state index in [-0.39, 0.29) is 69.5 Å². The Morgan fingerprint density at radius 3 is 1.16 bits per heavy atom. The molecule has 14 atom stereocenters. The Morgan fingerprint density at radius 2 is 0.755 bits per heavy atom. The molecule has 33 nitrogen and oxygen atoms in total. The number of hydrogen-bond acceptors (Lipinski definition) is 21. The minimum atomic E-state index is -1.89. The summed E-state index contributed by atoms with van der Waals surface area (Å²) >= 11 is 7.97. The molecule has 24 N–H and O–H groups in total. The summed E-state index contributed by atoms with van der Waals surface area (Å²) < 4.78 is 0. The fourth-order valence-electron chi connectivity index (χ4n) is 11.1. The molecule has 1 aromatic heterocycles. The second kappa shape index (κ2) is 44.7. The van der Waals surface area contributed by atoms with E-state index in [4.69, 9.17) is 22.9 Å². The van der Waals surface area contributed by atoms with Crippen LogP contribution >= 0.6 is 25.3 Å². The maximum absolute atomic E-state index is 15.3. The van der Waals surface area contributed by atoms with Gasteiger partial charge in [0.15, 0.2) is 0 Å². The number of hydrogen-bond donors (Lipinski definition) is 22. The van der Waals surface area contributed by atoms with Crippen molar-refractivity contribution in [3.05, 3.63) is 144 Å². The molecule has 106 heavy (non-hydrogen) atoms. The number of carbonyl (C=O) groups is 13. The Bertz CT molecular complexity index is 3750. The highest BCUT2D eigenvalue weighted by molar-refractivity contribution is 7.80. The molecule has 0 saturated heterocycles. The maximum atomic E-state index is 15.3. The molecule has 0 radical (unpaired) electrons. The van der Waals surface area contributed by atoms with Gasteiger partial charge in [0, 0.05) is 54.3 Å². The van der Waals surface area contributed by atoms with Crippen LogP contribution in [0.2, 0.25) is 0 Å². The van der Waals surface area contributed by atoms with Crippen molar-refractivity contribution in [2.24, 2.45) is 22.9 Å². The van der Waals surface area contributed by atoms with E-state index in [2.05, 4.69) is 88.7 Å². The van der Waals surface area contributed by atoms with Crippen molar-refractivity contribution in [3.63, 3.8) is 0 Å². The van der Waals surface area contributed by atoms with Crippen molar-refractivity contribution in [2.75, 3.05) is 31.2 Å². The number of nitrogens with two attached hydrogens (primary N) is 4. The van der Waals surface area contributed by atoms with Crippen molar-refractivity contribution < 1.29 is 82.8 Å². The van der Waals surface area contributed by atoms with Gasteiger partial charge in [-0.1, -0.05) is 109 Å². The molecule has 0 bridgehead atoms. The number of benzene rings is 4. The molecule has 4 aromatic carbocycles. The number of para-hydroxylation sites is 1. The minimum absolute atomic E-state index is 0.0494. The third-order valence-corrected chi connectivity index (χ3v) is 17.7. The number of aliphatic hydroxyl groups excluding tert-OH is 3. The van der Waals surface area contributed by atoms with Crippen molar-refractivity contribution in [1.29, 1.82) is 0 Å². The lowest BCUT2D eigenvalue weighted by atomic mass is 10.00. The van der Waals surface area contributed by atoms with Crippen LogP contribution in [0.4, 0.5) is 0 Å². The summed E-state index contributed by atoms with van der Waals surface area (Å²) in [6, 6.07) is 12.9. The number of carbonyl (C=O) groups excluding carboxylic acids is 12. The first-order valence-corrected chi connectivity index (χ1v) is 35.7. The van der Waals surface area contributed by atoms with Crippen molar-refractivity contribution >= 4 is 113 Å². The molecule has 1 heterocycles. The summed E-state index contributed by atoms with van der Waals surface area (Å²) in [5.74, 6) is -14.1. The fraction of sp³-hybridized carbons (Fsp3) is 0.451. The third-order valence-electron chi connectivity index (χ3n) is 16.9. The van der Waals surface area contributed by atoms with Crippen LogP contribution in [0.5, 0.6) is 0 Å². The quantitative estimate of drug-likeness (QED) is 0.0130. The first-order valence-electron chi connectivity index (χ1n) is 34.5. The summed E-state index contributed by atoms with van der Waals surface area (Å²) in [4.78, 5) is 184. The second-order valence-corrected chi connectivity index (χ2v) is 26.1. The maximum Gasteiger partial charge on any atom is 0.327 e. The van der Waals surface area contributed by atoms with E-state index in [1.54, 1.807) is 121 Å². The Balaban J connectivity index is 1.48. The summed E-state index contributed by atoms with van der Waals surface area (Å²) in [7, 11) is 0. The van der Waals surface area contributed by atoms with Crippen LogP contribution in [-0.2, 0) is 88.0 Å². The van der Waals surface area contributed by atoms with Gasteiger partial charge in [-0.15, -0.1) is 0 Å². The smallest absolute Gasteiger partial charge is 0.327 e. The molecule has 0 unspecified atom stereocenters. The van der Waals surface area contributed by atoms with Crippen molar-refractivity contribution in [1.82, 2.24) is 63.5 Å². The molecule has 0 aliphatic heterocycles. The topological polar surface area (TPSA) is 555 Å². The highest BCUT2D eigenvalue weighted by Gasteiger charge is 2.39. The van der Waals surface area contributed by atoms with Gasteiger partial charge in [-0.05, 0) is 93.8 Å². The molecule has 5 rings (SSSR count). The van der Waals surface area contributed by atoms with Crippen LogP contribution in [0.15, 0.2) is 121 Å². The van der Waals surface area contributed by atoms with E-state index in [1.807, 2.05) is 0 Å². The lowest BCUT2D eigenvalue weighted by molar-refractivity contribution is -0.142. The van der Waals surface area contributed by atoms with Gasteiger partial charge in [0.25, 0.3) is 0 Å². The highest BCUT2D eigenvalue weighted by atomic mass is 32.1. The van der Waals surface area contributed by atoms with Gasteiger partial charge in [0.2, 0.25) is 70.9 Å². The van der Waals surface area contributed by atoms with Crippen LogP contribution < -0.4 is 81.4 Å². The first kappa shape index (κ1) is 86.6. The molecule has 0 aliphatic rings. The van der Waals surface area contributed by atoms with Gasteiger partial charge in [-0.25, -0.2) is 4.79 Å². The molecule has 576 valence electrons. The molecule has 35 heteroatoms. The van der Waals surface area contributed by atoms with Gasteiger partial charge < -0.3 is 107 Å². The first-order chi connectivity index (χ1) is 50.6. The van der Waals surface area contributed by atoms with Gasteiger partial charge in [0.05, 0.1) is 31.3 Å². The number of carboxylic acid groups (broad SMARTS) is 1. The molecule has 0 aliphatic carbocycles. The zero-order valence-corrected chi connectivity index (χ0v) is 60.5. The predicted octanol–water partition coefficient (Wildman–Crippen LogP) is -4.07. The van der Waals surface area contributed by atoms with Crippen LogP contribution in [0.3, 0.4) is 0 Å². The summed E-state index contributed by atoms with van der Waals surface area (Å²) in [6.45, 7) is 1.62. The monoisotopic (exact) mass is 1510 g/mol. The Labute approximate surface area is 623 Å². The van der Waals surface area contributed by atoms with E-state index < -0.39 is 175 Å². The number of rotatable bonds is 46. The number of unbranched alkanes of at least 4 members (excludes halogenated alkanes) is 2. The number of aromatic nitrogens is 1. The summed E-state index contributed by atoms with van der Waals surface area (Å²) in [6.07, 6.45) is -2.36. The number of aromatic amines is 1. The lowest BCUT2D eigenvalue weighted by Crippen LogP contribution is -2.63. The number of fused-ring (bicyclic) bond motifs is 1. The fourth-order valence-corrected chi connectivity index (χ4v) is 11.5. The molecular formula is C71H98N16O17S2.